The molecular weight excluding hydrogens is 368 g/mol. The van der Waals surface area contributed by atoms with E-state index >= 15 is 0 Å². The normalized spacial score (nSPS) is 11.3. The molecule has 0 aliphatic carbocycles. The van der Waals surface area contributed by atoms with Gasteiger partial charge in [0, 0.05) is 25.7 Å². The van der Waals surface area contributed by atoms with Gasteiger partial charge in [0.2, 0.25) is 0 Å². The lowest BCUT2D eigenvalue weighted by atomic mass is 10.1. The first-order valence-electron chi connectivity index (χ1n) is 8.66. The van der Waals surface area contributed by atoms with Crippen molar-refractivity contribution in [3.63, 3.8) is 0 Å². The number of hydrogen-bond acceptors (Lipinski definition) is 4. The Bertz CT molecular complexity index is 813. The molecule has 6 nitrogen and oxygen atoms in total. The van der Waals surface area contributed by atoms with Gasteiger partial charge in [-0.15, -0.1) is 0 Å². The minimum absolute atomic E-state index is 0.0101. The third kappa shape index (κ3) is 6.00. The molecule has 2 N–H and O–H groups in total. The molecule has 0 bridgehead atoms. The molecule has 152 valence electrons. The van der Waals surface area contributed by atoms with Crippen molar-refractivity contribution in [3.05, 3.63) is 53.1 Å². The van der Waals surface area contributed by atoms with E-state index in [1.807, 2.05) is 25.1 Å². The van der Waals surface area contributed by atoms with E-state index in [4.69, 9.17) is 9.47 Å². The number of hydrogen-bond donors (Lipinski definition) is 2. The number of halogens is 2. The van der Waals surface area contributed by atoms with Crippen molar-refractivity contribution in [1.29, 1.82) is 0 Å². The molecule has 2 rings (SSSR count). The molecule has 0 radical (unpaired) electrons. The molecule has 0 saturated carbocycles. The van der Waals surface area contributed by atoms with Gasteiger partial charge in [-0.3, -0.25) is 4.99 Å². The van der Waals surface area contributed by atoms with Crippen LogP contribution in [0.25, 0.3) is 0 Å². The molecule has 0 unspecified atom stereocenters. The summed E-state index contributed by atoms with van der Waals surface area (Å²) in [6, 6.07) is 10.8. The monoisotopic (exact) mass is 393 g/mol. The van der Waals surface area contributed by atoms with Crippen molar-refractivity contribution in [2.75, 3.05) is 21.3 Å². The molecule has 8 heteroatoms. The van der Waals surface area contributed by atoms with Crippen LogP contribution in [-0.4, -0.2) is 33.8 Å². The molecule has 0 saturated heterocycles. The van der Waals surface area contributed by atoms with Gasteiger partial charge in [0.05, 0.1) is 14.2 Å². The van der Waals surface area contributed by atoms with Crippen molar-refractivity contribution in [2.24, 2.45) is 4.99 Å². The Morgan fingerprint density at radius 3 is 2.32 bits per heavy atom. The van der Waals surface area contributed by atoms with E-state index in [2.05, 4.69) is 20.4 Å². The first-order valence-corrected chi connectivity index (χ1v) is 8.66. The molecule has 0 heterocycles. The van der Waals surface area contributed by atoms with Crippen molar-refractivity contribution >= 4 is 5.96 Å². The number of guanidine groups is 1. The van der Waals surface area contributed by atoms with Gasteiger partial charge >= 0.3 is 6.61 Å². The summed E-state index contributed by atoms with van der Waals surface area (Å²) < 4.78 is 40.1. The Morgan fingerprint density at radius 2 is 1.68 bits per heavy atom. The average Bonchev–Trinajstić information content (AvgIpc) is 2.68. The maximum absolute atomic E-state index is 12.6. The highest BCUT2D eigenvalue weighted by molar-refractivity contribution is 5.79. The Hall–Kier alpha value is -3.03. The number of nitrogens with one attached hydrogen (secondary N) is 2. The van der Waals surface area contributed by atoms with Crippen LogP contribution in [0.3, 0.4) is 0 Å². The summed E-state index contributed by atoms with van der Waals surface area (Å²) in [4.78, 5) is 4.17. The molecule has 0 spiro atoms. The largest absolute Gasteiger partial charge is 0.496 e. The fourth-order valence-corrected chi connectivity index (χ4v) is 2.60. The van der Waals surface area contributed by atoms with Crippen LogP contribution in [-0.2, 0) is 13.1 Å². The van der Waals surface area contributed by atoms with Crippen LogP contribution in [0.15, 0.2) is 41.4 Å². The van der Waals surface area contributed by atoms with Crippen molar-refractivity contribution in [2.45, 2.75) is 26.6 Å². The summed E-state index contributed by atoms with van der Waals surface area (Å²) in [6.45, 7) is -0.0306. The second-order valence-corrected chi connectivity index (χ2v) is 5.96. The van der Waals surface area contributed by atoms with Crippen molar-refractivity contribution in [1.82, 2.24) is 10.6 Å². The smallest absolute Gasteiger partial charge is 0.387 e. The molecule has 28 heavy (non-hydrogen) atoms. The Balaban J connectivity index is 1.99. The highest BCUT2D eigenvalue weighted by atomic mass is 19.3. The summed E-state index contributed by atoms with van der Waals surface area (Å²) in [7, 11) is 4.69. The van der Waals surface area contributed by atoms with Crippen LogP contribution in [0.4, 0.5) is 8.78 Å². The van der Waals surface area contributed by atoms with E-state index in [1.165, 1.54) is 13.2 Å². The lowest BCUT2D eigenvalue weighted by molar-refractivity contribution is -0.0512. The lowest BCUT2D eigenvalue weighted by Gasteiger charge is -2.15. The van der Waals surface area contributed by atoms with Gasteiger partial charge in [0.25, 0.3) is 0 Å². The van der Waals surface area contributed by atoms with Crippen molar-refractivity contribution < 1.29 is 23.0 Å². The molecule has 2 aromatic carbocycles. The predicted molar refractivity (Wildman–Crippen MR) is 104 cm³/mol. The predicted octanol–water partition coefficient (Wildman–Crippen LogP) is 3.48. The first-order chi connectivity index (χ1) is 13.5. The number of ether oxygens (including phenoxy) is 3. The SMILES string of the molecule is CN=C(NCc1ccc(OC)c(OC(F)F)c1)NCc1ccc(C)cc1OC. The van der Waals surface area contributed by atoms with Gasteiger partial charge in [0.1, 0.15) is 5.75 Å². The number of nitrogens with zero attached hydrogens (tertiary/aromatic N) is 1. The minimum Gasteiger partial charge on any atom is -0.496 e. The Kier molecular flexibility index (Phi) is 7.86. The topological polar surface area (TPSA) is 64.1 Å². The van der Waals surface area contributed by atoms with Crippen LogP contribution >= 0.6 is 0 Å². The highest BCUT2D eigenvalue weighted by Gasteiger charge is 2.12. The molecule has 0 aliphatic rings. The Morgan fingerprint density at radius 1 is 0.964 bits per heavy atom. The zero-order valence-corrected chi connectivity index (χ0v) is 16.4. The van der Waals surface area contributed by atoms with Crippen molar-refractivity contribution in [3.8, 4) is 17.2 Å². The van der Waals surface area contributed by atoms with Gasteiger partial charge in [-0.25, -0.2) is 0 Å². The van der Waals surface area contributed by atoms with E-state index in [9.17, 15) is 8.78 Å². The number of benzene rings is 2. The second-order valence-electron chi connectivity index (χ2n) is 5.96. The van der Waals surface area contributed by atoms with Crippen LogP contribution in [0.5, 0.6) is 17.2 Å². The molecule has 2 aromatic rings. The molecule has 0 aliphatic heterocycles. The third-order valence-corrected chi connectivity index (χ3v) is 4.02. The van der Waals surface area contributed by atoms with Crippen LogP contribution < -0.4 is 24.8 Å². The quantitative estimate of drug-likeness (QED) is 0.531. The van der Waals surface area contributed by atoms with Gasteiger partial charge in [-0.05, 0) is 36.2 Å². The summed E-state index contributed by atoms with van der Waals surface area (Å²) in [5, 5.41) is 6.34. The maximum Gasteiger partial charge on any atom is 0.387 e. The highest BCUT2D eigenvalue weighted by Crippen LogP contribution is 2.29. The first kappa shape index (κ1) is 21.3. The standard InChI is InChI=1S/C20H25F2N3O3/c1-13-5-7-15(17(9-13)27-4)12-25-20(23-2)24-11-14-6-8-16(26-3)18(10-14)28-19(21)22/h5-10,19H,11-12H2,1-4H3,(H2,23,24,25). The van der Waals surface area contributed by atoms with E-state index in [0.29, 0.717) is 19.0 Å². The van der Waals surface area contributed by atoms with Crippen LogP contribution in [0.2, 0.25) is 0 Å². The summed E-state index contributed by atoms with van der Waals surface area (Å²) in [5.74, 6) is 1.60. The van der Waals surface area contributed by atoms with Gasteiger partial charge in [-0.2, -0.15) is 8.78 Å². The van der Waals surface area contributed by atoms with E-state index in [1.54, 1.807) is 26.3 Å². The zero-order chi connectivity index (χ0) is 20.5. The van der Waals surface area contributed by atoms with Crippen LogP contribution in [0.1, 0.15) is 16.7 Å². The van der Waals surface area contributed by atoms with Gasteiger partial charge in [-0.1, -0.05) is 18.2 Å². The fraction of sp³-hybridized carbons (Fsp3) is 0.350. The maximum atomic E-state index is 12.6. The molecule has 0 aromatic heterocycles. The number of rotatable bonds is 8. The van der Waals surface area contributed by atoms with Gasteiger partial charge < -0.3 is 24.8 Å². The lowest BCUT2D eigenvalue weighted by Crippen LogP contribution is -2.36. The van der Waals surface area contributed by atoms with Gasteiger partial charge in [0.15, 0.2) is 17.5 Å². The number of aliphatic imine (C=N–C) groups is 1. The molecule has 0 fully saturated rings. The summed E-state index contributed by atoms with van der Waals surface area (Å²) in [6.07, 6.45) is 0. The van der Waals surface area contributed by atoms with Crippen LogP contribution in [0, 0.1) is 6.92 Å². The molecule has 0 amide bonds. The third-order valence-electron chi connectivity index (χ3n) is 4.02. The second kappa shape index (κ2) is 10.3. The Labute approximate surface area is 163 Å². The fourth-order valence-electron chi connectivity index (χ4n) is 2.60. The number of alkyl halides is 2. The molecule has 0 atom stereocenters. The number of aryl methyl sites for hydroxylation is 1. The number of methoxy groups -OCH3 is 2. The molecular formula is C20H25F2N3O3. The minimum atomic E-state index is -2.92. The summed E-state index contributed by atoms with van der Waals surface area (Å²) >= 11 is 0. The van der Waals surface area contributed by atoms with E-state index < -0.39 is 6.61 Å². The van der Waals surface area contributed by atoms with E-state index in [0.717, 1.165) is 22.4 Å². The average molecular weight is 393 g/mol. The summed E-state index contributed by atoms with van der Waals surface area (Å²) in [5.41, 5.74) is 2.85. The van der Waals surface area contributed by atoms with E-state index in [-0.39, 0.29) is 11.5 Å². The zero-order valence-electron chi connectivity index (χ0n) is 16.4.